The summed E-state index contributed by atoms with van der Waals surface area (Å²) in [5.41, 5.74) is 2.90. The average molecular weight is 400 g/mol. The van der Waals surface area contributed by atoms with Gasteiger partial charge >= 0.3 is 5.97 Å². The minimum atomic E-state index is -0.767. The molecule has 0 radical (unpaired) electrons. The number of aromatic nitrogens is 4. The van der Waals surface area contributed by atoms with Gasteiger partial charge in [0.2, 0.25) is 0 Å². The number of carbonyl (C=O) groups excluding carboxylic acids is 1. The van der Waals surface area contributed by atoms with E-state index in [9.17, 15) is 4.79 Å². The molecule has 154 valence electrons. The quantitative estimate of drug-likeness (QED) is 0.420. The number of imidazole rings is 1. The lowest BCUT2D eigenvalue weighted by molar-refractivity contribution is -0.272. The van der Waals surface area contributed by atoms with E-state index in [-0.39, 0.29) is 0 Å². The molecule has 0 N–H and O–H groups in total. The molecule has 0 fully saturated rings. The molecule has 0 aliphatic heterocycles. The smallest absolute Gasteiger partial charge is 0.337 e. The number of hydrogen-bond acceptors (Lipinski definition) is 8. The number of fused-ring (bicyclic) bond motifs is 1. The monoisotopic (exact) mass is 400 g/mol. The van der Waals surface area contributed by atoms with Crippen molar-refractivity contribution in [2.24, 2.45) is 0 Å². The number of ether oxygens (including phenoxy) is 4. The van der Waals surface area contributed by atoms with Gasteiger partial charge in [-0.1, -0.05) is 0 Å². The normalized spacial score (nSPS) is 11.9. The molecule has 0 unspecified atom stereocenters. The number of hydrogen-bond donors (Lipinski definition) is 0. The summed E-state index contributed by atoms with van der Waals surface area (Å²) in [4.78, 5) is 24.9. The second-order valence-corrected chi connectivity index (χ2v) is 7.01. The van der Waals surface area contributed by atoms with Crippen LogP contribution in [-0.2, 0) is 24.5 Å². The fourth-order valence-corrected chi connectivity index (χ4v) is 3.08. The van der Waals surface area contributed by atoms with Gasteiger partial charge in [-0.05, 0) is 26.0 Å². The van der Waals surface area contributed by atoms with Gasteiger partial charge in [-0.2, -0.15) is 0 Å². The van der Waals surface area contributed by atoms with Crippen molar-refractivity contribution < 1.29 is 23.7 Å². The Morgan fingerprint density at radius 2 is 1.83 bits per heavy atom. The van der Waals surface area contributed by atoms with Crippen LogP contribution in [0.25, 0.3) is 22.2 Å². The zero-order valence-corrected chi connectivity index (χ0v) is 17.1. The van der Waals surface area contributed by atoms with Crippen LogP contribution in [0.3, 0.4) is 0 Å². The Labute approximate surface area is 168 Å². The fourth-order valence-electron chi connectivity index (χ4n) is 3.08. The topological polar surface area (TPSA) is 97.6 Å². The van der Waals surface area contributed by atoms with Crippen LogP contribution in [0.15, 0.2) is 37.2 Å². The summed E-state index contributed by atoms with van der Waals surface area (Å²) in [6.07, 6.45) is 6.55. The summed E-state index contributed by atoms with van der Waals surface area (Å²) in [7, 11) is 4.37. The molecule has 2 heterocycles. The van der Waals surface area contributed by atoms with Crippen molar-refractivity contribution in [3.8, 4) is 11.1 Å². The van der Waals surface area contributed by atoms with E-state index >= 15 is 0 Å². The van der Waals surface area contributed by atoms with E-state index in [2.05, 4.69) is 15.0 Å². The SMILES string of the molecule is COC(=O)c1cc(-c2cncnc2)c2c(c1)ncn2C(C)(C)COC(OC)OC. The first kappa shape index (κ1) is 20.8. The van der Waals surface area contributed by atoms with Crippen molar-refractivity contribution in [3.05, 3.63) is 42.7 Å². The molecule has 9 heteroatoms. The van der Waals surface area contributed by atoms with Gasteiger partial charge in [0, 0.05) is 37.7 Å². The highest BCUT2D eigenvalue weighted by Gasteiger charge is 2.27. The van der Waals surface area contributed by atoms with Crippen LogP contribution >= 0.6 is 0 Å². The molecule has 0 aliphatic carbocycles. The maximum Gasteiger partial charge on any atom is 0.337 e. The van der Waals surface area contributed by atoms with Gasteiger partial charge in [0.1, 0.15) is 6.33 Å². The average Bonchev–Trinajstić information content (AvgIpc) is 3.19. The molecule has 3 aromatic rings. The number of methoxy groups -OCH3 is 3. The van der Waals surface area contributed by atoms with Crippen molar-refractivity contribution in [3.63, 3.8) is 0 Å². The van der Waals surface area contributed by atoms with Crippen molar-refractivity contribution >= 4 is 17.0 Å². The molecule has 0 atom stereocenters. The lowest BCUT2D eigenvalue weighted by atomic mass is 10.0. The van der Waals surface area contributed by atoms with Crippen LogP contribution in [0.5, 0.6) is 0 Å². The molecule has 9 nitrogen and oxygen atoms in total. The van der Waals surface area contributed by atoms with Crippen molar-refractivity contribution in [2.75, 3.05) is 27.9 Å². The van der Waals surface area contributed by atoms with Gasteiger partial charge in [-0.25, -0.2) is 19.7 Å². The van der Waals surface area contributed by atoms with Crippen LogP contribution in [-0.4, -0.2) is 59.9 Å². The Balaban J connectivity index is 2.13. The third kappa shape index (κ3) is 4.26. The molecule has 0 amide bonds. The summed E-state index contributed by atoms with van der Waals surface area (Å²) in [5, 5.41) is 0. The minimum Gasteiger partial charge on any atom is -0.465 e. The number of nitrogens with zero attached hydrogens (tertiary/aromatic N) is 4. The second kappa shape index (κ2) is 8.64. The first-order valence-corrected chi connectivity index (χ1v) is 8.93. The number of esters is 1. The molecular weight excluding hydrogens is 376 g/mol. The first-order chi connectivity index (χ1) is 13.9. The van der Waals surface area contributed by atoms with Crippen LogP contribution in [0.4, 0.5) is 0 Å². The highest BCUT2D eigenvalue weighted by Crippen LogP contribution is 2.33. The van der Waals surface area contributed by atoms with E-state index < -0.39 is 18.0 Å². The maximum absolute atomic E-state index is 12.2. The molecule has 3 rings (SSSR count). The predicted octanol–water partition coefficient (Wildman–Crippen LogP) is 2.61. The summed E-state index contributed by atoms with van der Waals surface area (Å²) in [6, 6.07) is 3.46. The third-order valence-electron chi connectivity index (χ3n) is 4.55. The highest BCUT2D eigenvalue weighted by atomic mass is 16.8. The molecule has 0 spiro atoms. The molecule has 1 aromatic carbocycles. The number of carbonyl (C=O) groups is 1. The van der Waals surface area contributed by atoms with E-state index in [0.717, 1.165) is 16.6 Å². The number of benzene rings is 1. The Kier molecular flexibility index (Phi) is 6.21. The summed E-state index contributed by atoms with van der Waals surface area (Å²) < 4.78 is 22.8. The zero-order valence-electron chi connectivity index (χ0n) is 17.1. The van der Waals surface area contributed by atoms with Crippen LogP contribution in [0, 0.1) is 0 Å². The summed E-state index contributed by atoms with van der Waals surface area (Å²) in [6.45, 7) is 3.55. The standard InChI is InChI=1S/C20H24N4O5/c1-20(2,10-29-19(27-4)28-5)24-12-23-16-7-13(18(25)26-3)6-15(17(16)24)14-8-21-11-22-9-14/h6-9,11-12,19H,10H2,1-5H3. The van der Waals surface area contributed by atoms with Crippen molar-refractivity contribution in [1.29, 1.82) is 0 Å². The van der Waals surface area contributed by atoms with Gasteiger partial charge < -0.3 is 23.5 Å². The molecule has 0 aliphatic rings. The fraction of sp³-hybridized carbons (Fsp3) is 0.400. The number of rotatable bonds is 8. The lowest BCUT2D eigenvalue weighted by Gasteiger charge is -2.29. The van der Waals surface area contributed by atoms with E-state index in [0.29, 0.717) is 17.7 Å². The molecule has 2 aromatic heterocycles. The molecule has 0 bridgehead atoms. The van der Waals surface area contributed by atoms with Gasteiger partial charge in [0.25, 0.3) is 6.48 Å². The van der Waals surface area contributed by atoms with Gasteiger partial charge in [-0.15, -0.1) is 0 Å². The van der Waals surface area contributed by atoms with Crippen molar-refractivity contribution in [1.82, 2.24) is 19.5 Å². The predicted molar refractivity (Wildman–Crippen MR) is 105 cm³/mol. The molecule has 0 saturated carbocycles. The first-order valence-electron chi connectivity index (χ1n) is 8.93. The summed E-state index contributed by atoms with van der Waals surface area (Å²) in [5.74, 6) is -0.440. The molecule has 0 saturated heterocycles. The second-order valence-electron chi connectivity index (χ2n) is 7.01. The van der Waals surface area contributed by atoms with E-state index in [1.807, 2.05) is 18.4 Å². The Morgan fingerprint density at radius 3 is 2.45 bits per heavy atom. The Hall–Kier alpha value is -2.88. The van der Waals surface area contributed by atoms with E-state index in [1.165, 1.54) is 27.7 Å². The van der Waals surface area contributed by atoms with Crippen molar-refractivity contribution in [2.45, 2.75) is 25.9 Å². The third-order valence-corrected chi connectivity index (χ3v) is 4.55. The van der Waals surface area contributed by atoms with Crippen LogP contribution in [0.2, 0.25) is 0 Å². The minimum absolute atomic E-state index is 0.300. The summed E-state index contributed by atoms with van der Waals surface area (Å²) >= 11 is 0. The highest BCUT2D eigenvalue weighted by molar-refractivity contribution is 6.00. The zero-order chi connectivity index (χ0) is 21.0. The van der Waals surface area contributed by atoms with E-state index in [4.69, 9.17) is 18.9 Å². The lowest BCUT2D eigenvalue weighted by Crippen LogP contribution is -2.34. The van der Waals surface area contributed by atoms with Crippen LogP contribution in [0.1, 0.15) is 24.2 Å². The Bertz CT molecular complexity index is 983. The van der Waals surface area contributed by atoms with E-state index in [1.54, 1.807) is 30.9 Å². The molecule has 29 heavy (non-hydrogen) atoms. The van der Waals surface area contributed by atoms with Crippen LogP contribution < -0.4 is 0 Å². The largest absolute Gasteiger partial charge is 0.465 e. The maximum atomic E-state index is 12.2. The van der Waals surface area contributed by atoms with Gasteiger partial charge in [0.15, 0.2) is 0 Å². The molecular formula is C20H24N4O5. The van der Waals surface area contributed by atoms with Gasteiger partial charge in [0.05, 0.1) is 42.2 Å². The van der Waals surface area contributed by atoms with Gasteiger partial charge in [-0.3, -0.25) is 0 Å². The Morgan fingerprint density at radius 1 is 1.14 bits per heavy atom.